The lowest BCUT2D eigenvalue weighted by molar-refractivity contribution is 0.112. The molecule has 1 saturated heterocycles. The van der Waals surface area contributed by atoms with E-state index in [-0.39, 0.29) is 6.10 Å². The average molecular weight is 205 g/mol. The van der Waals surface area contributed by atoms with E-state index in [9.17, 15) is 9.90 Å². The maximum Gasteiger partial charge on any atom is 0.150 e. The Morgan fingerprint density at radius 3 is 2.73 bits per heavy atom. The molecule has 1 aromatic carbocycles. The van der Waals surface area contributed by atoms with Crippen molar-refractivity contribution in [2.75, 3.05) is 18.0 Å². The highest BCUT2D eigenvalue weighted by Gasteiger charge is 2.16. The van der Waals surface area contributed by atoms with Gasteiger partial charge in [0.25, 0.3) is 0 Å². The Balaban J connectivity index is 2.11. The number of carbonyl (C=O) groups is 1. The number of benzene rings is 1. The number of aliphatic hydroxyl groups excluding tert-OH is 1. The quantitative estimate of drug-likeness (QED) is 0.743. The Labute approximate surface area is 89.3 Å². The minimum Gasteiger partial charge on any atom is -0.393 e. The highest BCUT2D eigenvalue weighted by molar-refractivity contribution is 5.77. The van der Waals surface area contributed by atoms with E-state index in [1.165, 1.54) is 0 Å². The number of nitrogens with zero attached hydrogens (tertiary/aromatic N) is 1. The van der Waals surface area contributed by atoms with Crippen molar-refractivity contribution in [1.29, 1.82) is 0 Å². The van der Waals surface area contributed by atoms with Crippen molar-refractivity contribution in [3.63, 3.8) is 0 Å². The van der Waals surface area contributed by atoms with Crippen LogP contribution in [0.1, 0.15) is 23.2 Å². The van der Waals surface area contributed by atoms with E-state index in [4.69, 9.17) is 0 Å². The molecule has 80 valence electrons. The van der Waals surface area contributed by atoms with Gasteiger partial charge in [-0.1, -0.05) is 12.1 Å². The second kappa shape index (κ2) is 4.45. The largest absolute Gasteiger partial charge is 0.393 e. The van der Waals surface area contributed by atoms with Crippen LogP contribution in [0.25, 0.3) is 0 Å². The van der Waals surface area contributed by atoms with Gasteiger partial charge in [-0.2, -0.15) is 0 Å². The number of anilines is 1. The second-order valence-corrected chi connectivity index (χ2v) is 3.93. The second-order valence-electron chi connectivity index (χ2n) is 3.93. The van der Waals surface area contributed by atoms with Crippen LogP contribution in [0.2, 0.25) is 0 Å². The number of hydrogen-bond acceptors (Lipinski definition) is 3. The standard InChI is InChI=1S/C12H15NO2/c14-9-10-2-1-3-11(8-10)13-6-4-12(15)5-7-13/h1-3,8-9,12,15H,4-7H2. The Morgan fingerprint density at radius 2 is 2.07 bits per heavy atom. The zero-order chi connectivity index (χ0) is 10.7. The average Bonchev–Trinajstić information content (AvgIpc) is 2.30. The molecule has 0 aliphatic carbocycles. The van der Waals surface area contributed by atoms with Gasteiger partial charge in [-0.15, -0.1) is 0 Å². The summed E-state index contributed by atoms with van der Waals surface area (Å²) in [5, 5.41) is 9.39. The van der Waals surface area contributed by atoms with Gasteiger partial charge in [0.2, 0.25) is 0 Å². The molecule has 1 aromatic rings. The third-order valence-corrected chi connectivity index (χ3v) is 2.84. The lowest BCUT2D eigenvalue weighted by Gasteiger charge is -2.31. The Bertz CT molecular complexity index is 343. The van der Waals surface area contributed by atoms with Crippen molar-refractivity contribution in [2.24, 2.45) is 0 Å². The van der Waals surface area contributed by atoms with E-state index in [2.05, 4.69) is 4.90 Å². The van der Waals surface area contributed by atoms with Crippen LogP contribution in [0, 0.1) is 0 Å². The molecule has 1 fully saturated rings. The predicted molar refractivity (Wildman–Crippen MR) is 59.3 cm³/mol. The van der Waals surface area contributed by atoms with Crippen LogP contribution in [-0.2, 0) is 0 Å². The summed E-state index contributed by atoms with van der Waals surface area (Å²) in [5.41, 5.74) is 1.78. The maximum absolute atomic E-state index is 10.6. The molecule has 0 aromatic heterocycles. The fourth-order valence-corrected chi connectivity index (χ4v) is 1.92. The first-order valence-corrected chi connectivity index (χ1v) is 5.28. The summed E-state index contributed by atoms with van der Waals surface area (Å²) in [6.45, 7) is 1.73. The van der Waals surface area contributed by atoms with Crippen LogP contribution < -0.4 is 4.90 Å². The summed E-state index contributed by atoms with van der Waals surface area (Å²) in [5.74, 6) is 0. The SMILES string of the molecule is O=Cc1cccc(N2CCC(O)CC2)c1. The first kappa shape index (κ1) is 10.2. The van der Waals surface area contributed by atoms with Gasteiger partial charge in [-0.25, -0.2) is 0 Å². The molecule has 0 amide bonds. The molecular formula is C12H15NO2. The molecule has 1 N–H and O–H groups in total. The first-order chi connectivity index (χ1) is 7.29. The molecular weight excluding hydrogens is 190 g/mol. The van der Waals surface area contributed by atoms with Gasteiger partial charge in [0.1, 0.15) is 6.29 Å². The maximum atomic E-state index is 10.6. The Morgan fingerprint density at radius 1 is 1.33 bits per heavy atom. The highest BCUT2D eigenvalue weighted by atomic mass is 16.3. The van der Waals surface area contributed by atoms with Crippen LogP contribution in [0.3, 0.4) is 0 Å². The van der Waals surface area contributed by atoms with Gasteiger partial charge in [0.15, 0.2) is 0 Å². The summed E-state index contributed by atoms with van der Waals surface area (Å²) in [4.78, 5) is 12.8. The van der Waals surface area contributed by atoms with Crippen molar-refractivity contribution < 1.29 is 9.90 Å². The minimum atomic E-state index is -0.157. The molecule has 0 radical (unpaired) electrons. The lowest BCUT2D eigenvalue weighted by atomic mass is 10.1. The number of aldehydes is 1. The first-order valence-electron chi connectivity index (χ1n) is 5.28. The smallest absolute Gasteiger partial charge is 0.150 e. The summed E-state index contributed by atoms with van der Waals surface area (Å²) < 4.78 is 0. The van der Waals surface area contributed by atoms with E-state index in [0.29, 0.717) is 5.56 Å². The summed E-state index contributed by atoms with van der Waals surface area (Å²) in [6.07, 6.45) is 2.33. The highest BCUT2D eigenvalue weighted by Crippen LogP contribution is 2.20. The van der Waals surface area contributed by atoms with Gasteiger partial charge in [-0.3, -0.25) is 4.79 Å². The molecule has 3 heteroatoms. The Kier molecular flexibility index (Phi) is 3.02. The van der Waals surface area contributed by atoms with E-state index in [0.717, 1.165) is 37.9 Å². The molecule has 0 bridgehead atoms. The summed E-state index contributed by atoms with van der Waals surface area (Å²) in [6, 6.07) is 7.59. The van der Waals surface area contributed by atoms with E-state index in [1.54, 1.807) is 6.07 Å². The van der Waals surface area contributed by atoms with Crippen molar-refractivity contribution in [2.45, 2.75) is 18.9 Å². The number of rotatable bonds is 2. The van der Waals surface area contributed by atoms with Crippen molar-refractivity contribution in [3.8, 4) is 0 Å². The normalized spacial score (nSPS) is 17.8. The molecule has 15 heavy (non-hydrogen) atoms. The predicted octanol–water partition coefficient (Wildman–Crippen LogP) is 1.46. The molecule has 3 nitrogen and oxygen atoms in total. The zero-order valence-corrected chi connectivity index (χ0v) is 8.60. The molecule has 0 saturated carbocycles. The van der Waals surface area contributed by atoms with Crippen LogP contribution >= 0.6 is 0 Å². The Hall–Kier alpha value is -1.35. The van der Waals surface area contributed by atoms with Crippen LogP contribution in [0.5, 0.6) is 0 Å². The van der Waals surface area contributed by atoms with Gasteiger partial charge in [0, 0.05) is 24.3 Å². The van der Waals surface area contributed by atoms with Crippen LogP contribution in [0.15, 0.2) is 24.3 Å². The van der Waals surface area contributed by atoms with Crippen molar-refractivity contribution in [3.05, 3.63) is 29.8 Å². The summed E-state index contributed by atoms with van der Waals surface area (Å²) in [7, 11) is 0. The van der Waals surface area contributed by atoms with E-state index in [1.807, 2.05) is 18.2 Å². The molecule has 0 atom stereocenters. The third kappa shape index (κ3) is 2.36. The third-order valence-electron chi connectivity index (χ3n) is 2.84. The van der Waals surface area contributed by atoms with Crippen molar-refractivity contribution >= 4 is 12.0 Å². The zero-order valence-electron chi connectivity index (χ0n) is 8.60. The fraction of sp³-hybridized carbons (Fsp3) is 0.417. The minimum absolute atomic E-state index is 0.157. The molecule has 0 unspecified atom stereocenters. The number of carbonyl (C=O) groups excluding carboxylic acids is 1. The molecule has 2 rings (SSSR count). The van der Waals surface area contributed by atoms with Crippen molar-refractivity contribution in [1.82, 2.24) is 0 Å². The molecule has 0 spiro atoms. The fourth-order valence-electron chi connectivity index (χ4n) is 1.92. The monoisotopic (exact) mass is 205 g/mol. The van der Waals surface area contributed by atoms with E-state index < -0.39 is 0 Å². The molecule has 1 heterocycles. The van der Waals surface area contributed by atoms with Gasteiger partial charge in [-0.05, 0) is 25.0 Å². The summed E-state index contributed by atoms with van der Waals surface area (Å²) >= 11 is 0. The van der Waals surface area contributed by atoms with E-state index >= 15 is 0 Å². The van der Waals surface area contributed by atoms with Crippen LogP contribution in [0.4, 0.5) is 5.69 Å². The number of piperidine rings is 1. The number of aliphatic hydroxyl groups is 1. The topological polar surface area (TPSA) is 40.5 Å². The van der Waals surface area contributed by atoms with Gasteiger partial charge >= 0.3 is 0 Å². The van der Waals surface area contributed by atoms with Crippen LogP contribution in [-0.4, -0.2) is 30.6 Å². The van der Waals surface area contributed by atoms with Gasteiger partial charge in [0.05, 0.1) is 6.10 Å². The molecule has 1 aliphatic heterocycles. The molecule has 1 aliphatic rings. The van der Waals surface area contributed by atoms with Gasteiger partial charge < -0.3 is 10.0 Å². The lowest BCUT2D eigenvalue weighted by Crippen LogP contribution is -2.35. The number of hydrogen-bond donors (Lipinski definition) is 1.